The third-order valence-corrected chi connectivity index (χ3v) is 6.53. The van der Waals surface area contributed by atoms with Crippen LogP contribution in [0.5, 0.6) is 0 Å². The van der Waals surface area contributed by atoms with Gasteiger partial charge in [-0.2, -0.15) is 17.5 Å². The molecule has 2 aliphatic heterocycles. The zero-order valence-corrected chi connectivity index (χ0v) is 15.4. The number of furan rings is 1. The van der Waals surface area contributed by atoms with Crippen LogP contribution in [0, 0.1) is 0 Å². The van der Waals surface area contributed by atoms with E-state index in [0.717, 1.165) is 12.8 Å². The summed E-state index contributed by atoms with van der Waals surface area (Å²) in [5, 5.41) is -0.0529. The van der Waals surface area contributed by atoms with Crippen molar-refractivity contribution in [1.29, 1.82) is 0 Å². The largest absolute Gasteiger partial charge is 0.447 e. The molecule has 3 heterocycles. The van der Waals surface area contributed by atoms with Gasteiger partial charge in [0.2, 0.25) is 5.09 Å². The van der Waals surface area contributed by atoms with Crippen molar-refractivity contribution in [2.75, 3.05) is 45.8 Å². The summed E-state index contributed by atoms with van der Waals surface area (Å²) in [5.41, 5.74) is 0. The smallest absolute Gasteiger partial charge is 0.401 e. The molecule has 3 rings (SSSR count). The predicted octanol–water partition coefficient (Wildman–Crippen LogP) is 2.13. The molecule has 0 aliphatic carbocycles. The second-order valence-corrected chi connectivity index (χ2v) is 8.72. The van der Waals surface area contributed by atoms with Gasteiger partial charge in [-0.15, -0.1) is 0 Å². The van der Waals surface area contributed by atoms with Crippen LogP contribution in [-0.2, 0) is 16.6 Å². The Bertz CT molecular complexity index is 699. The fraction of sp³-hybridized carbons (Fsp3) is 0.750. The Kier molecular flexibility index (Phi) is 5.95. The van der Waals surface area contributed by atoms with E-state index in [-0.39, 0.29) is 5.09 Å². The Morgan fingerprint density at radius 1 is 0.923 bits per heavy atom. The van der Waals surface area contributed by atoms with E-state index in [1.807, 2.05) is 4.90 Å². The van der Waals surface area contributed by atoms with E-state index in [1.54, 1.807) is 6.07 Å². The highest BCUT2D eigenvalue weighted by Gasteiger charge is 2.32. The van der Waals surface area contributed by atoms with Crippen LogP contribution in [0.15, 0.2) is 21.6 Å². The minimum atomic E-state index is -4.19. The number of rotatable bonds is 5. The van der Waals surface area contributed by atoms with Crippen LogP contribution >= 0.6 is 0 Å². The molecule has 148 valence electrons. The third kappa shape index (κ3) is 4.99. The Hall–Kier alpha value is -1.10. The van der Waals surface area contributed by atoms with Crippen molar-refractivity contribution in [2.45, 2.75) is 37.1 Å². The number of nitrogens with zero attached hydrogens (tertiary/aromatic N) is 3. The van der Waals surface area contributed by atoms with E-state index < -0.39 is 22.7 Å². The van der Waals surface area contributed by atoms with Crippen molar-refractivity contribution in [2.24, 2.45) is 0 Å². The van der Waals surface area contributed by atoms with Crippen LogP contribution in [0.2, 0.25) is 0 Å². The summed E-state index contributed by atoms with van der Waals surface area (Å²) in [6, 6.07) is 3.11. The quantitative estimate of drug-likeness (QED) is 0.765. The van der Waals surface area contributed by atoms with E-state index in [0.29, 0.717) is 58.0 Å². The maximum Gasteiger partial charge on any atom is 0.401 e. The highest BCUT2D eigenvalue weighted by atomic mass is 32.2. The Morgan fingerprint density at radius 3 is 2.27 bits per heavy atom. The van der Waals surface area contributed by atoms with Gasteiger partial charge >= 0.3 is 6.18 Å². The summed E-state index contributed by atoms with van der Waals surface area (Å²) in [7, 11) is -3.58. The normalized spacial score (nSPS) is 22.0. The molecule has 1 aromatic rings. The molecule has 2 aliphatic rings. The summed E-state index contributed by atoms with van der Waals surface area (Å²) < 4.78 is 69.5. The third-order valence-electron chi connectivity index (χ3n) is 4.76. The zero-order chi connectivity index (χ0) is 18.8. The molecular weight excluding hydrogens is 371 g/mol. The fourth-order valence-electron chi connectivity index (χ4n) is 3.45. The molecule has 0 amide bonds. The van der Waals surface area contributed by atoms with Gasteiger partial charge in [-0.1, -0.05) is 0 Å². The van der Waals surface area contributed by atoms with Crippen molar-refractivity contribution in [1.82, 2.24) is 14.1 Å². The fourth-order valence-corrected chi connectivity index (χ4v) is 4.90. The van der Waals surface area contributed by atoms with Gasteiger partial charge in [-0.25, -0.2) is 8.42 Å². The first-order valence-corrected chi connectivity index (χ1v) is 10.3. The van der Waals surface area contributed by atoms with Crippen molar-refractivity contribution < 1.29 is 26.0 Å². The number of hydrogen-bond donors (Lipinski definition) is 0. The lowest BCUT2D eigenvalue weighted by molar-refractivity contribution is -0.145. The van der Waals surface area contributed by atoms with Crippen molar-refractivity contribution in [3.05, 3.63) is 17.9 Å². The lowest BCUT2D eigenvalue weighted by Gasteiger charge is -2.22. The summed E-state index contributed by atoms with van der Waals surface area (Å²) in [4.78, 5) is 3.41. The molecule has 26 heavy (non-hydrogen) atoms. The minimum absolute atomic E-state index is 0.0529. The monoisotopic (exact) mass is 395 g/mol. The lowest BCUT2D eigenvalue weighted by Crippen LogP contribution is -2.37. The number of sulfonamides is 1. The van der Waals surface area contributed by atoms with Crippen molar-refractivity contribution in [3.63, 3.8) is 0 Å². The molecule has 0 unspecified atom stereocenters. The molecule has 0 bridgehead atoms. The SMILES string of the molecule is O=S(=O)(c1ccc(CN2CCCN(CC(F)(F)F)CC2)o1)N1CCCC1. The second kappa shape index (κ2) is 7.87. The molecule has 0 aromatic carbocycles. The van der Waals surface area contributed by atoms with Crippen LogP contribution in [0.3, 0.4) is 0 Å². The first-order valence-electron chi connectivity index (χ1n) is 8.84. The summed E-state index contributed by atoms with van der Waals surface area (Å²) >= 11 is 0. The van der Waals surface area contributed by atoms with Crippen molar-refractivity contribution in [3.8, 4) is 0 Å². The van der Waals surface area contributed by atoms with E-state index in [1.165, 1.54) is 15.3 Å². The van der Waals surface area contributed by atoms with E-state index in [4.69, 9.17) is 4.42 Å². The number of alkyl halides is 3. The average Bonchev–Trinajstić information content (AvgIpc) is 3.19. The zero-order valence-electron chi connectivity index (χ0n) is 14.5. The minimum Gasteiger partial charge on any atom is -0.447 e. The molecular formula is C16H24F3N3O3S. The van der Waals surface area contributed by atoms with Crippen molar-refractivity contribution >= 4 is 10.0 Å². The van der Waals surface area contributed by atoms with Crippen LogP contribution in [0.4, 0.5) is 13.2 Å². The van der Waals surface area contributed by atoms with Crippen LogP contribution in [0.25, 0.3) is 0 Å². The predicted molar refractivity (Wildman–Crippen MR) is 89.1 cm³/mol. The summed E-state index contributed by atoms with van der Waals surface area (Å²) in [5.74, 6) is 0.520. The molecule has 6 nitrogen and oxygen atoms in total. The molecule has 2 fully saturated rings. The average molecular weight is 395 g/mol. The molecule has 0 spiro atoms. The van der Waals surface area contributed by atoms with Crippen LogP contribution in [-0.4, -0.2) is 74.5 Å². The summed E-state index contributed by atoms with van der Waals surface area (Å²) in [6.07, 6.45) is -1.84. The van der Waals surface area contributed by atoms with E-state index >= 15 is 0 Å². The lowest BCUT2D eigenvalue weighted by atomic mass is 10.3. The van der Waals surface area contributed by atoms with E-state index in [9.17, 15) is 21.6 Å². The molecule has 0 saturated carbocycles. The molecule has 0 radical (unpaired) electrons. The highest BCUT2D eigenvalue weighted by Crippen LogP contribution is 2.24. The van der Waals surface area contributed by atoms with E-state index in [2.05, 4.69) is 0 Å². The highest BCUT2D eigenvalue weighted by molar-refractivity contribution is 7.89. The van der Waals surface area contributed by atoms with Crippen LogP contribution < -0.4 is 0 Å². The van der Waals surface area contributed by atoms with Gasteiger partial charge in [-0.3, -0.25) is 9.80 Å². The van der Waals surface area contributed by atoms with Gasteiger partial charge in [0.25, 0.3) is 10.0 Å². The summed E-state index contributed by atoms with van der Waals surface area (Å²) in [6.45, 7) is 2.42. The molecule has 2 saturated heterocycles. The Balaban J connectivity index is 1.57. The van der Waals surface area contributed by atoms with Gasteiger partial charge in [-0.05, 0) is 44.5 Å². The topological polar surface area (TPSA) is 57.0 Å². The Morgan fingerprint density at radius 2 is 1.58 bits per heavy atom. The van der Waals surface area contributed by atoms with Gasteiger partial charge in [0.05, 0.1) is 13.1 Å². The molecule has 1 aromatic heterocycles. The van der Waals surface area contributed by atoms with Gasteiger partial charge in [0, 0.05) is 26.2 Å². The molecule has 10 heteroatoms. The maximum atomic E-state index is 12.5. The molecule has 0 atom stereocenters. The Labute approximate surface area is 151 Å². The number of halogens is 3. The van der Waals surface area contributed by atoms with Gasteiger partial charge in [0.15, 0.2) is 0 Å². The molecule has 0 N–H and O–H groups in total. The standard InChI is InChI=1S/C16H24F3N3O3S/c17-16(18,19)13-21-7-3-6-20(10-11-21)12-14-4-5-15(25-14)26(23,24)22-8-1-2-9-22/h4-5H,1-3,6-13H2. The maximum absolute atomic E-state index is 12.5. The second-order valence-electron chi connectivity index (χ2n) is 6.85. The van der Waals surface area contributed by atoms with Gasteiger partial charge < -0.3 is 4.42 Å². The first-order chi connectivity index (χ1) is 12.2. The van der Waals surface area contributed by atoms with Crippen LogP contribution in [0.1, 0.15) is 25.0 Å². The number of hydrogen-bond acceptors (Lipinski definition) is 5. The van der Waals surface area contributed by atoms with Gasteiger partial charge in [0.1, 0.15) is 5.76 Å². The first kappa shape index (κ1) is 19.7.